The average Bonchev–Trinajstić information content (AvgIpc) is 3.46. The summed E-state index contributed by atoms with van der Waals surface area (Å²) in [5.74, 6) is 0.930. The molecule has 4 heterocycles. The molecule has 3 N–H and O–H groups in total. The number of aliphatic hydroxyl groups is 1. The van der Waals surface area contributed by atoms with Gasteiger partial charge in [0, 0.05) is 37.6 Å². The number of nitrogens with zero attached hydrogens (tertiary/aromatic N) is 5. The Hall–Kier alpha value is -1.17. The highest BCUT2D eigenvalue weighted by Crippen LogP contribution is 2.47. The van der Waals surface area contributed by atoms with Crippen molar-refractivity contribution in [1.29, 1.82) is 0 Å². The van der Waals surface area contributed by atoms with Crippen LogP contribution >= 0.6 is 31.3 Å². The number of imidazole rings is 1. The number of thioether (sulfide) groups is 2. The number of halogens is 3. The third-order valence-corrected chi connectivity index (χ3v) is 8.94. The zero-order valence-electron chi connectivity index (χ0n) is 20.5. The van der Waals surface area contributed by atoms with E-state index in [-0.39, 0.29) is 37.0 Å². The normalized spacial score (nSPS) is 24.6. The molecule has 214 valence electrons. The predicted molar refractivity (Wildman–Crippen MR) is 136 cm³/mol. The second kappa shape index (κ2) is 13.0. The van der Waals surface area contributed by atoms with Gasteiger partial charge in [0.15, 0.2) is 22.1 Å². The Morgan fingerprint density at radius 2 is 2.05 bits per heavy atom. The van der Waals surface area contributed by atoms with Crippen LogP contribution in [-0.2, 0) is 18.6 Å². The number of nitrogens with one attached hydrogen (secondary N) is 1. The molecule has 0 bridgehead atoms. The maximum Gasteiger partial charge on any atom is 0.405 e. The second-order valence-electron chi connectivity index (χ2n) is 8.60. The molecule has 0 radical (unpaired) electrons. The fourth-order valence-corrected chi connectivity index (χ4v) is 6.22. The first-order valence-electron chi connectivity index (χ1n) is 11.9. The van der Waals surface area contributed by atoms with Crippen LogP contribution in [0.1, 0.15) is 19.1 Å². The van der Waals surface area contributed by atoms with Crippen LogP contribution in [0.2, 0.25) is 0 Å². The van der Waals surface area contributed by atoms with Crippen LogP contribution in [0.15, 0.2) is 11.5 Å². The van der Waals surface area contributed by atoms with Crippen molar-refractivity contribution >= 4 is 48.3 Å². The summed E-state index contributed by atoms with van der Waals surface area (Å²) in [7, 11) is -4.09. The van der Waals surface area contributed by atoms with Crippen LogP contribution in [0, 0.1) is 0 Å². The molecule has 38 heavy (non-hydrogen) atoms. The Labute approximate surface area is 225 Å². The van der Waals surface area contributed by atoms with Gasteiger partial charge in [-0.05, 0) is 6.26 Å². The molecule has 18 heteroatoms. The summed E-state index contributed by atoms with van der Waals surface area (Å²) in [6, 6.07) is 0. The lowest BCUT2D eigenvalue weighted by Gasteiger charge is -2.30. The molecule has 0 aromatic carbocycles. The number of morpholine rings is 1. The molecule has 2 aromatic heterocycles. The van der Waals surface area contributed by atoms with Crippen molar-refractivity contribution < 1.29 is 41.7 Å². The maximum atomic E-state index is 12.7. The van der Waals surface area contributed by atoms with E-state index in [9.17, 15) is 27.7 Å². The van der Waals surface area contributed by atoms with Crippen molar-refractivity contribution in [3.8, 4) is 0 Å². The molecular formula is C20H30F3N6O6PS2. The van der Waals surface area contributed by atoms with E-state index in [4.69, 9.17) is 14.0 Å². The maximum absolute atomic E-state index is 12.7. The highest BCUT2D eigenvalue weighted by atomic mass is 32.2. The number of rotatable bonds is 12. The molecule has 0 aliphatic carbocycles. The molecule has 12 nitrogen and oxygen atoms in total. The van der Waals surface area contributed by atoms with Crippen molar-refractivity contribution in [1.82, 2.24) is 24.2 Å². The van der Waals surface area contributed by atoms with Crippen molar-refractivity contribution in [3.05, 3.63) is 6.33 Å². The topological polar surface area (TPSA) is 144 Å². The number of aliphatic hydroxyl groups excluding tert-OH is 1. The Balaban J connectivity index is 1.48. The van der Waals surface area contributed by atoms with E-state index in [1.165, 1.54) is 11.0 Å². The minimum atomic E-state index is -4.29. The van der Waals surface area contributed by atoms with Crippen molar-refractivity contribution in [3.63, 3.8) is 0 Å². The Morgan fingerprint density at radius 1 is 1.29 bits per heavy atom. The van der Waals surface area contributed by atoms with Gasteiger partial charge in [-0.2, -0.15) is 24.9 Å². The molecule has 4 atom stereocenters. The van der Waals surface area contributed by atoms with E-state index in [1.54, 1.807) is 16.3 Å². The van der Waals surface area contributed by atoms with E-state index in [0.717, 1.165) is 17.5 Å². The molecule has 2 fully saturated rings. The predicted octanol–water partition coefficient (Wildman–Crippen LogP) is 2.74. The van der Waals surface area contributed by atoms with E-state index < -0.39 is 38.8 Å². The van der Waals surface area contributed by atoms with E-state index >= 15 is 0 Å². The van der Waals surface area contributed by atoms with E-state index in [0.29, 0.717) is 36.7 Å². The van der Waals surface area contributed by atoms with Crippen LogP contribution in [0.25, 0.3) is 11.2 Å². The number of hydrogen-bond acceptors (Lipinski definition) is 11. The summed E-state index contributed by atoms with van der Waals surface area (Å²) in [5.41, 5.74) is 0.748. The number of aromatic nitrogens is 4. The number of ether oxygens (including phenoxy) is 2. The highest BCUT2D eigenvalue weighted by Gasteiger charge is 2.39. The monoisotopic (exact) mass is 602 g/mol. The van der Waals surface area contributed by atoms with Gasteiger partial charge in [0.1, 0.15) is 12.3 Å². The number of alkyl halides is 3. The van der Waals surface area contributed by atoms with Gasteiger partial charge in [-0.15, -0.1) is 0 Å². The molecule has 1 unspecified atom stereocenters. The fraction of sp³-hybridized carbons (Fsp3) is 0.750. The SMILES string of the molecule is CSCCNc1nc(SCCC(F)(F)F)nc2c1ncn2[C@H]1C[C@H](O)[C@@H](COP(=O)(O)N2CCOCC2)O1. The highest BCUT2D eigenvalue weighted by molar-refractivity contribution is 7.99. The number of fused-ring (bicyclic) bond motifs is 1. The minimum Gasteiger partial charge on any atom is -0.390 e. The summed E-state index contributed by atoms with van der Waals surface area (Å²) in [6.45, 7) is 1.39. The molecule has 0 saturated carbocycles. The lowest BCUT2D eigenvalue weighted by molar-refractivity contribution is -0.129. The fourth-order valence-electron chi connectivity index (χ4n) is 3.92. The number of hydrogen-bond donors (Lipinski definition) is 3. The van der Waals surface area contributed by atoms with Gasteiger partial charge in [-0.3, -0.25) is 9.09 Å². The summed E-state index contributed by atoms with van der Waals surface area (Å²) in [5, 5.41) is 13.9. The van der Waals surface area contributed by atoms with Gasteiger partial charge in [0.05, 0.1) is 38.7 Å². The third kappa shape index (κ3) is 7.73. The van der Waals surface area contributed by atoms with Gasteiger partial charge in [-0.25, -0.2) is 24.2 Å². The molecule has 2 aromatic rings. The summed E-state index contributed by atoms with van der Waals surface area (Å²) < 4.78 is 69.9. The third-order valence-electron chi connectivity index (χ3n) is 5.88. The van der Waals surface area contributed by atoms with E-state index in [1.807, 2.05) is 6.26 Å². The first-order valence-corrected chi connectivity index (χ1v) is 15.8. The Morgan fingerprint density at radius 3 is 2.76 bits per heavy atom. The average molecular weight is 603 g/mol. The molecule has 2 aliphatic rings. The zero-order chi connectivity index (χ0) is 27.3. The van der Waals surface area contributed by atoms with Crippen LogP contribution in [-0.4, -0.2) is 110 Å². The van der Waals surface area contributed by atoms with Gasteiger partial charge >= 0.3 is 13.9 Å². The minimum absolute atomic E-state index is 0.128. The van der Waals surface area contributed by atoms with Gasteiger partial charge < -0.3 is 24.8 Å². The quantitative estimate of drug-likeness (QED) is 0.142. The Kier molecular flexibility index (Phi) is 10.2. The second-order valence-corrected chi connectivity index (χ2v) is 12.4. The van der Waals surface area contributed by atoms with Crippen LogP contribution in [0.5, 0.6) is 0 Å². The summed E-state index contributed by atoms with van der Waals surface area (Å²) in [6.07, 6.45) is -4.34. The smallest absolute Gasteiger partial charge is 0.390 e. The molecular weight excluding hydrogens is 572 g/mol. The van der Waals surface area contributed by atoms with Gasteiger partial charge in [0.2, 0.25) is 0 Å². The molecule has 0 amide bonds. The summed E-state index contributed by atoms with van der Waals surface area (Å²) in [4.78, 5) is 23.5. The van der Waals surface area contributed by atoms with Gasteiger partial charge in [-0.1, -0.05) is 11.8 Å². The first kappa shape index (κ1) is 29.8. The first-order chi connectivity index (χ1) is 18.1. The largest absolute Gasteiger partial charge is 0.405 e. The molecule has 2 aliphatic heterocycles. The van der Waals surface area contributed by atoms with E-state index in [2.05, 4.69) is 20.3 Å². The Bertz CT molecular complexity index is 1120. The van der Waals surface area contributed by atoms with Crippen molar-refractivity contribution in [2.45, 2.75) is 42.6 Å². The summed E-state index contributed by atoms with van der Waals surface area (Å²) >= 11 is 2.50. The molecule has 4 rings (SSSR count). The van der Waals surface area contributed by atoms with Crippen molar-refractivity contribution in [2.75, 3.05) is 62.5 Å². The van der Waals surface area contributed by atoms with Gasteiger partial charge in [0.25, 0.3) is 0 Å². The van der Waals surface area contributed by atoms with Crippen LogP contribution in [0.4, 0.5) is 19.0 Å². The standard InChI is InChI=1S/C20H30F3N6O6PS2/c1-37-9-3-24-17-16-18(27-19(26-17)38-8-2-20(21,22)23)29(12-25-16)15-10-13(30)14(35-15)11-34-36(31,32)28-4-6-33-7-5-28/h12-15,30H,2-11H2,1H3,(H,31,32)(H,24,26,27)/t13-,14+,15+/m0/s1. The lowest BCUT2D eigenvalue weighted by Crippen LogP contribution is -2.35. The zero-order valence-corrected chi connectivity index (χ0v) is 23.1. The van der Waals surface area contributed by atoms with Crippen molar-refractivity contribution in [2.24, 2.45) is 0 Å². The van der Waals surface area contributed by atoms with Crippen LogP contribution in [0.3, 0.4) is 0 Å². The van der Waals surface area contributed by atoms with Crippen LogP contribution < -0.4 is 5.32 Å². The number of anilines is 1. The lowest BCUT2D eigenvalue weighted by atomic mass is 10.2. The molecule has 2 saturated heterocycles. The molecule has 0 spiro atoms.